The van der Waals surface area contributed by atoms with E-state index in [1.165, 1.54) is 43.9 Å². The monoisotopic (exact) mass is 447 g/mol. The Hall–Kier alpha value is -3.23. The van der Waals surface area contributed by atoms with Gasteiger partial charge < -0.3 is 4.57 Å². The number of thioether (sulfide) groups is 1. The van der Waals surface area contributed by atoms with Crippen LogP contribution < -0.4 is 0 Å². The van der Waals surface area contributed by atoms with E-state index in [0.717, 1.165) is 5.75 Å². The van der Waals surface area contributed by atoms with Crippen molar-refractivity contribution in [3.05, 3.63) is 120 Å². The number of para-hydroxylation sites is 2. The molecule has 0 saturated heterocycles. The van der Waals surface area contributed by atoms with Crippen molar-refractivity contribution in [2.45, 2.75) is 36.8 Å². The Morgan fingerprint density at radius 3 is 1.94 bits per heavy atom. The van der Waals surface area contributed by atoms with Crippen molar-refractivity contribution in [1.29, 1.82) is 0 Å². The van der Waals surface area contributed by atoms with Crippen LogP contribution in [0.2, 0.25) is 0 Å². The van der Waals surface area contributed by atoms with E-state index in [4.69, 9.17) is 0 Å². The number of fused-ring (bicyclic) bond motifs is 1. The largest absolute Gasteiger partial charge is 0.308 e. The average molecular weight is 448 g/mol. The molecular weight excluding hydrogens is 418 g/mol. The van der Waals surface area contributed by atoms with E-state index in [2.05, 4.69) is 135 Å². The van der Waals surface area contributed by atoms with Crippen molar-refractivity contribution in [3.63, 3.8) is 0 Å². The van der Waals surface area contributed by atoms with Crippen molar-refractivity contribution < 1.29 is 0 Å². The Bertz CT molecular complexity index is 1360. The van der Waals surface area contributed by atoms with Gasteiger partial charge in [-0.3, -0.25) is 0 Å². The van der Waals surface area contributed by atoms with Crippen LogP contribution in [0.4, 0.5) is 0 Å². The van der Waals surface area contributed by atoms with Gasteiger partial charge >= 0.3 is 0 Å². The summed E-state index contributed by atoms with van der Waals surface area (Å²) in [7, 11) is 0. The maximum atomic E-state index is 2.41. The second-order valence-corrected chi connectivity index (χ2v) is 10.5. The van der Waals surface area contributed by atoms with Gasteiger partial charge in [-0.2, -0.15) is 0 Å². The zero-order valence-corrected chi connectivity index (χ0v) is 20.3. The van der Waals surface area contributed by atoms with Crippen molar-refractivity contribution >= 4 is 22.7 Å². The van der Waals surface area contributed by atoms with E-state index in [-0.39, 0.29) is 5.41 Å². The molecule has 0 saturated carbocycles. The Morgan fingerprint density at radius 2 is 1.27 bits per heavy atom. The number of rotatable bonds is 5. The van der Waals surface area contributed by atoms with Crippen molar-refractivity contribution in [2.75, 3.05) is 0 Å². The molecule has 1 aromatic heterocycles. The van der Waals surface area contributed by atoms with Crippen LogP contribution >= 0.6 is 11.8 Å². The summed E-state index contributed by atoms with van der Waals surface area (Å²) in [6.45, 7) is 6.80. The lowest BCUT2D eigenvalue weighted by Gasteiger charge is -2.19. The van der Waals surface area contributed by atoms with E-state index in [0.29, 0.717) is 0 Å². The van der Waals surface area contributed by atoms with Crippen molar-refractivity contribution in [2.24, 2.45) is 0 Å². The molecule has 1 heterocycles. The van der Waals surface area contributed by atoms with Gasteiger partial charge in [-0.1, -0.05) is 112 Å². The first-order valence-electron chi connectivity index (χ1n) is 11.5. The highest BCUT2D eigenvalue weighted by atomic mass is 32.2. The number of benzene rings is 4. The number of nitrogens with zero attached hydrogens (tertiary/aromatic N) is 1. The van der Waals surface area contributed by atoms with Gasteiger partial charge in [0.1, 0.15) is 0 Å². The van der Waals surface area contributed by atoms with Gasteiger partial charge in [0, 0.05) is 21.7 Å². The van der Waals surface area contributed by atoms with Gasteiger partial charge in [0.05, 0.1) is 11.2 Å². The first-order valence-corrected chi connectivity index (χ1v) is 12.5. The molecule has 4 aromatic carbocycles. The summed E-state index contributed by atoms with van der Waals surface area (Å²) in [5.41, 5.74) is 7.84. The van der Waals surface area contributed by atoms with Crippen LogP contribution in [0.1, 0.15) is 31.9 Å². The molecule has 0 aliphatic carbocycles. The summed E-state index contributed by atoms with van der Waals surface area (Å²) in [5, 5.41) is 1.30. The van der Waals surface area contributed by atoms with E-state index in [9.17, 15) is 0 Å². The SMILES string of the molecule is CC(C)(C)c1ccc(CSc2c(-c3ccccc3)n(-c3ccccc3)c3ccccc23)cc1. The maximum Gasteiger partial charge on any atom is 0.0677 e. The lowest BCUT2D eigenvalue weighted by Crippen LogP contribution is -2.10. The molecule has 33 heavy (non-hydrogen) atoms. The first-order chi connectivity index (χ1) is 16.0. The zero-order chi connectivity index (χ0) is 22.8. The quantitative estimate of drug-likeness (QED) is 0.244. The highest BCUT2D eigenvalue weighted by Gasteiger charge is 2.20. The van der Waals surface area contributed by atoms with Crippen molar-refractivity contribution in [1.82, 2.24) is 4.57 Å². The topological polar surface area (TPSA) is 4.93 Å². The standard InChI is InChI=1S/C31H29NS/c1-31(2,3)25-20-18-23(19-21-25)22-33-30-27-16-10-11-17-28(27)32(26-14-8-5-9-15-26)29(30)24-12-6-4-7-13-24/h4-21H,22H2,1-3H3. The molecule has 0 aliphatic rings. The number of aromatic nitrogens is 1. The van der Waals surface area contributed by atoms with Crippen LogP contribution in [-0.2, 0) is 11.2 Å². The third-order valence-electron chi connectivity index (χ3n) is 6.09. The van der Waals surface area contributed by atoms with Crippen LogP contribution in [0.5, 0.6) is 0 Å². The third-order valence-corrected chi connectivity index (χ3v) is 7.27. The van der Waals surface area contributed by atoms with Crippen LogP contribution in [-0.4, -0.2) is 4.57 Å². The van der Waals surface area contributed by atoms with Gasteiger partial charge in [0.2, 0.25) is 0 Å². The van der Waals surface area contributed by atoms with Gasteiger partial charge in [-0.15, -0.1) is 11.8 Å². The Balaban J connectivity index is 1.63. The predicted octanol–water partition coefficient (Wildman–Crippen LogP) is 8.89. The lowest BCUT2D eigenvalue weighted by atomic mass is 9.87. The molecule has 0 aliphatic heterocycles. The minimum absolute atomic E-state index is 0.176. The second-order valence-electron chi connectivity index (χ2n) is 9.47. The van der Waals surface area contributed by atoms with E-state index < -0.39 is 0 Å². The summed E-state index contributed by atoms with van der Waals surface area (Å²) in [6.07, 6.45) is 0. The fourth-order valence-electron chi connectivity index (χ4n) is 4.31. The molecule has 0 amide bonds. The maximum absolute atomic E-state index is 2.41. The van der Waals surface area contributed by atoms with Gasteiger partial charge in [-0.25, -0.2) is 0 Å². The molecule has 0 fully saturated rings. The molecule has 0 radical (unpaired) electrons. The highest BCUT2D eigenvalue weighted by Crippen LogP contribution is 2.43. The van der Waals surface area contributed by atoms with Gasteiger partial charge in [0.25, 0.3) is 0 Å². The second kappa shape index (κ2) is 8.96. The van der Waals surface area contributed by atoms with Crippen molar-refractivity contribution in [3.8, 4) is 16.9 Å². The van der Waals surface area contributed by atoms with Crippen LogP contribution in [0.15, 0.2) is 114 Å². The molecule has 0 bridgehead atoms. The van der Waals surface area contributed by atoms with E-state index in [1.807, 2.05) is 11.8 Å². The molecule has 1 nitrogen and oxygen atoms in total. The summed E-state index contributed by atoms with van der Waals surface area (Å²) >= 11 is 1.93. The van der Waals surface area contributed by atoms with Gasteiger partial charge in [-0.05, 0) is 40.3 Å². The van der Waals surface area contributed by atoms with Gasteiger partial charge in [0.15, 0.2) is 0 Å². The van der Waals surface area contributed by atoms with E-state index in [1.54, 1.807) is 0 Å². The number of hydrogen-bond donors (Lipinski definition) is 0. The summed E-state index contributed by atoms with van der Waals surface area (Å²) in [6, 6.07) is 39.4. The molecule has 0 spiro atoms. The van der Waals surface area contributed by atoms with Crippen LogP contribution in [0.3, 0.4) is 0 Å². The van der Waals surface area contributed by atoms with E-state index >= 15 is 0 Å². The highest BCUT2D eigenvalue weighted by molar-refractivity contribution is 7.98. The summed E-state index contributed by atoms with van der Waals surface area (Å²) in [4.78, 5) is 1.33. The molecule has 0 N–H and O–H groups in total. The molecule has 0 atom stereocenters. The first kappa shape index (κ1) is 21.6. The average Bonchev–Trinajstić information content (AvgIpc) is 3.18. The Labute approximate surface area is 201 Å². The fraction of sp³-hybridized carbons (Fsp3) is 0.161. The molecule has 5 rings (SSSR count). The number of hydrogen-bond acceptors (Lipinski definition) is 1. The Morgan fingerprint density at radius 1 is 0.667 bits per heavy atom. The normalized spacial score (nSPS) is 11.7. The molecular formula is C31H29NS. The molecule has 5 aromatic rings. The zero-order valence-electron chi connectivity index (χ0n) is 19.5. The third kappa shape index (κ3) is 4.36. The minimum Gasteiger partial charge on any atom is -0.308 e. The predicted molar refractivity (Wildman–Crippen MR) is 143 cm³/mol. The Kier molecular flexibility index (Phi) is 5.86. The molecule has 2 heteroatoms. The molecule has 0 unspecified atom stereocenters. The smallest absolute Gasteiger partial charge is 0.0677 e. The van der Waals surface area contributed by atoms with Crippen LogP contribution in [0, 0.1) is 0 Å². The fourth-order valence-corrected chi connectivity index (χ4v) is 5.49. The summed E-state index contributed by atoms with van der Waals surface area (Å²) < 4.78 is 2.41. The van der Waals surface area contributed by atoms with Crippen LogP contribution in [0.25, 0.3) is 27.8 Å². The lowest BCUT2D eigenvalue weighted by molar-refractivity contribution is 0.590. The minimum atomic E-state index is 0.176. The summed E-state index contributed by atoms with van der Waals surface area (Å²) in [5.74, 6) is 0.938. The molecule has 164 valence electrons.